The molecule has 6 rings (SSSR count). The second-order valence-corrected chi connectivity index (χ2v) is 11.6. The van der Waals surface area contributed by atoms with Crippen molar-refractivity contribution in [1.29, 1.82) is 0 Å². The van der Waals surface area contributed by atoms with Gasteiger partial charge in [0.25, 0.3) is 5.91 Å². The average molecular weight is 565 g/mol. The van der Waals surface area contributed by atoms with Crippen LogP contribution in [-0.2, 0) is 0 Å². The van der Waals surface area contributed by atoms with E-state index in [0.717, 1.165) is 24.3 Å². The molecule has 6 nitrogen and oxygen atoms in total. The van der Waals surface area contributed by atoms with Gasteiger partial charge in [-0.05, 0) is 70.7 Å². The SMILES string of the molecule is C[C@@H](NCC1CN(C(=O)c2ccc(-c3ccsc3C(=O)O)o2)CCC1c1ccccc1)c1cccc2ccccc12. The Hall–Kier alpha value is -4.20. The van der Waals surface area contributed by atoms with Crippen LogP contribution in [0, 0.1) is 5.92 Å². The summed E-state index contributed by atoms with van der Waals surface area (Å²) in [5, 5.41) is 17.5. The van der Waals surface area contributed by atoms with Gasteiger partial charge in [-0.1, -0.05) is 72.8 Å². The average Bonchev–Trinajstić information content (AvgIpc) is 3.70. The van der Waals surface area contributed by atoms with Crippen LogP contribution >= 0.6 is 11.3 Å². The lowest BCUT2D eigenvalue weighted by atomic mass is 9.80. The number of carbonyl (C=O) groups is 2. The molecule has 2 unspecified atom stereocenters. The molecule has 208 valence electrons. The Bertz CT molecular complexity index is 1670. The number of aromatic carboxylic acids is 1. The first-order chi connectivity index (χ1) is 20.0. The van der Waals surface area contributed by atoms with E-state index >= 15 is 0 Å². The largest absolute Gasteiger partial charge is 0.477 e. The van der Waals surface area contributed by atoms with Gasteiger partial charge >= 0.3 is 5.97 Å². The van der Waals surface area contributed by atoms with E-state index in [4.69, 9.17) is 4.42 Å². The van der Waals surface area contributed by atoms with Crippen molar-refractivity contribution in [2.24, 2.45) is 5.92 Å². The van der Waals surface area contributed by atoms with E-state index in [2.05, 4.69) is 79.0 Å². The summed E-state index contributed by atoms with van der Waals surface area (Å²) in [4.78, 5) is 27.3. The molecule has 3 aromatic carbocycles. The van der Waals surface area contributed by atoms with Gasteiger partial charge in [0.2, 0.25) is 0 Å². The van der Waals surface area contributed by atoms with Gasteiger partial charge in [-0.2, -0.15) is 0 Å². The Balaban J connectivity index is 1.21. The van der Waals surface area contributed by atoms with Gasteiger partial charge in [-0.25, -0.2) is 4.79 Å². The van der Waals surface area contributed by atoms with E-state index in [0.29, 0.717) is 30.3 Å². The summed E-state index contributed by atoms with van der Waals surface area (Å²) < 4.78 is 5.91. The van der Waals surface area contributed by atoms with E-state index in [-0.39, 0.29) is 28.5 Å². The number of piperidine rings is 1. The predicted octanol–water partition coefficient (Wildman–Crippen LogP) is 7.46. The molecular formula is C34H32N2O4S. The summed E-state index contributed by atoms with van der Waals surface area (Å²) in [6.07, 6.45) is 0.853. The molecule has 0 spiro atoms. The van der Waals surface area contributed by atoms with E-state index in [1.807, 2.05) is 11.0 Å². The Morgan fingerprint density at radius 3 is 2.61 bits per heavy atom. The molecule has 1 aliphatic heterocycles. The Kier molecular flexibility index (Phi) is 7.72. The van der Waals surface area contributed by atoms with Crippen LogP contribution in [0.1, 0.15) is 56.7 Å². The van der Waals surface area contributed by atoms with Gasteiger partial charge in [0, 0.05) is 31.2 Å². The molecule has 1 amide bonds. The Labute approximate surface area is 243 Å². The fourth-order valence-electron chi connectivity index (χ4n) is 6.05. The molecule has 0 radical (unpaired) electrons. The lowest BCUT2D eigenvalue weighted by molar-refractivity contribution is 0.0615. The normalized spacial score (nSPS) is 17.9. The molecule has 2 N–H and O–H groups in total. The highest BCUT2D eigenvalue weighted by Crippen LogP contribution is 2.35. The zero-order valence-electron chi connectivity index (χ0n) is 22.8. The first kappa shape index (κ1) is 27.0. The Morgan fingerprint density at radius 2 is 1.78 bits per heavy atom. The third-order valence-corrected chi connectivity index (χ3v) is 9.07. The molecule has 1 fully saturated rings. The minimum absolute atomic E-state index is 0.144. The lowest BCUT2D eigenvalue weighted by Gasteiger charge is -2.39. The number of furan rings is 1. The molecule has 2 aromatic heterocycles. The fraction of sp³-hybridized carbons (Fsp3) is 0.235. The van der Waals surface area contributed by atoms with Crippen molar-refractivity contribution in [3.63, 3.8) is 0 Å². The van der Waals surface area contributed by atoms with Gasteiger partial charge in [-0.3, -0.25) is 4.79 Å². The van der Waals surface area contributed by atoms with Crippen molar-refractivity contribution in [3.05, 3.63) is 118 Å². The van der Waals surface area contributed by atoms with Crippen molar-refractivity contribution in [2.45, 2.75) is 25.3 Å². The number of likely N-dealkylation sites (tertiary alicyclic amines) is 1. The number of thiophene rings is 1. The highest BCUT2D eigenvalue weighted by atomic mass is 32.1. The molecule has 5 aromatic rings. The molecule has 0 bridgehead atoms. The number of carboxylic acid groups (broad SMARTS) is 1. The topological polar surface area (TPSA) is 82.8 Å². The molecule has 1 saturated heterocycles. The zero-order chi connectivity index (χ0) is 28.3. The number of carbonyl (C=O) groups excluding carboxylic acids is 1. The standard InChI is InChI=1S/C34H32N2O4S/c1-22(26-13-7-11-24-10-5-6-12-28(24)26)35-20-25-21-36(18-16-27(25)23-8-3-2-4-9-23)33(37)31-15-14-30(40-31)29-17-19-41-32(29)34(38)39/h2-15,17,19,22,25,27,35H,16,18,20-21H2,1H3,(H,38,39)/t22-,25?,27?/m1/s1. The molecule has 1 aliphatic rings. The van der Waals surface area contributed by atoms with Gasteiger partial charge in [0.1, 0.15) is 10.6 Å². The van der Waals surface area contributed by atoms with Crippen LogP contribution in [0.3, 0.4) is 0 Å². The minimum atomic E-state index is -1.00. The summed E-state index contributed by atoms with van der Waals surface area (Å²) in [6.45, 7) is 4.18. The molecule has 7 heteroatoms. The van der Waals surface area contributed by atoms with Crippen LogP contribution in [0.4, 0.5) is 0 Å². The van der Waals surface area contributed by atoms with E-state index < -0.39 is 5.97 Å². The second kappa shape index (κ2) is 11.7. The maximum absolute atomic E-state index is 13.6. The van der Waals surface area contributed by atoms with Crippen LogP contribution in [0.25, 0.3) is 22.1 Å². The molecule has 0 saturated carbocycles. The van der Waals surface area contributed by atoms with E-state index in [9.17, 15) is 14.7 Å². The molecule has 0 aliphatic carbocycles. The quantitative estimate of drug-likeness (QED) is 0.204. The van der Waals surface area contributed by atoms with E-state index in [1.165, 1.54) is 21.9 Å². The van der Waals surface area contributed by atoms with Crippen LogP contribution in [0.5, 0.6) is 0 Å². The van der Waals surface area contributed by atoms with Gasteiger partial charge in [0.05, 0.1) is 0 Å². The first-order valence-electron chi connectivity index (χ1n) is 14.0. The lowest BCUT2D eigenvalue weighted by Crippen LogP contribution is -2.46. The van der Waals surface area contributed by atoms with Gasteiger partial charge in [0.15, 0.2) is 5.76 Å². The minimum Gasteiger partial charge on any atom is -0.477 e. The third-order valence-electron chi connectivity index (χ3n) is 8.17. The number of amides is 1. The molecule has 3 atom stereocenters. The van der Waals surface area contributed by atoms with Crippen LogP contribution in [0.2, 0.25) is 0 Å². The number of hydrogen-bond acceptors (Lipinski definition) is 5. The van der Waals surface area contributed by atoms with Crippen molar-refractivity contribution < 1.29 is 19.1 Å². The van der Waals surface area contributed by atoms with Crippen LogP contribution in [-0.4, -0.2) is 41.5 Å². The van der Waals surface area contributed by atoms with Crippen molar-refractivity contribution >= 4 is 34.0 Å². The van der Waals surface area contributed by atoms with Crippen LogP contribution in [0.15, 0.2) is 101 Å². The second-order valence-electron chi connectivity index (χ2n) is 10.6. The van der Waals surface area contributed by atoms with Crippen molar-refractivity contribution in [1.82, 2.24) is 10.2 Å². The monoisotopic (exact) mass is 564 g/mol. The van der Waals surface area contributed by atoms with Gasteiger partial charge < -0.3 is 19.7 Å². The van der Waals surface area contributed by atoms with Crippen molar-refractivity contribution in [3.8, 4) is 11.3 Å². The predicted molar refractivity (Wildman–Crippen MR) is 163 cm³/mol. The summed E-state index contributed by atoms with van der Waals surface area (Å²) in [7, 11) is 0. The highest BCUT2D eigenvalue weighted by molar-refractivity contribution is 7.12. The fourth-order valence-corrected chi connectivity index (χ4v) is 6.79. The maximum atomic E-state index is 13.6. The van der Waals surface area contributed by atoms with Gasteiger partial charge in [-0.15, -0.1) is 11.3 Å². The number of nitrogens with zero attached hydrogens (tertiary/aromatic N) is 1. The molecule has 41 heavy (non-hydrogen) atoms. The van der Waals surface area contributed by atoms with E-state index in [1.54, 1.807) is 23.6 Å². The molecular weight excluding hydrogens is 532 g/mol. The summed E-state index contributed by atoms with van der Waals surface area (Å²) in [6, 6.07) is 30.6. The number of hydrogen-bond donors (Lipinski definition) is 2. The summed E-state index contributed by atoms with van der Waals surface area (Å²) in [5.41, 5.74) is 3.05. The maximum Gasteiger partial charge on any atom is 0.346 e. The summed E-state index contributed by atoms with van der Waals surface area (Å²) >= 11 is 1.14. The smallest absolute Gasteiger partial charge is 0.346 e. The van der Waals surface area contributed by atoms with Crippen LogP contribution < -0.4 is 5.32 Å². The first-order valence-corrected chi connectivity index (χ1v) is 14.8. The number of nitrogens with one attached hydrogen (secondary N) is 1. The number of rotatable bonds is 8. The Morgan fingerprint density at radius 1 is 1.00 bits per heavy atom. The molecule has 3 heterocycles. The number of benzene rings is 3. The number of fused-ring (bicyclic) bond motifs is 1. The van der Waals surface area contributed by atoms with Crippen molar-refractivity contribution in [2.75, 3.05) is 19.6 Å². The highest BCUT2D eigenvalue weighted by Gasteiger charge is 2.34. The third kappa shape index (κ3) is 5.56. The zero-order valence-corrected chi connectivity index (χ0v) is 23.6. The summed E-state index contributed by atoms with van der Waals surface area (Å²) in [5.74, 6) is -0.0110. The number of carboxylic acids is 1.